The summed E-state index contributed by atoms with van der Waals surface area (Å²) in [6.45, 7) is 2.22. The van der Waals surface area contributed by atoms with E-state index in [-0.39, 0.29) is 54.0 Å². The van der Waals surface area contributed by atoms with E-state index in [9.17, 15) is 22.8 Å². The molecule has 0 saturated heterocycles. The Kier molecular flexibility index (Phi) is 5.04. The van der Waals surface area contributed by atoms with E-state index in [0.717, 1.165) is 12.8 Å². The number of hydrogen-bond donors (Lipinski definition) is 1. The molecule has 2 aromatic rings. The smallest absolute Gasteiger partial charge is 0.252 e. The van der Waals surface area contributed by atoms with Crippen LogP contribution in [-0.4, -0.2) is 38.5 Å². The first-order valence-corrected chi connectivity index (χ1v) is 11.4. The fraction of sp³-hybridized carbons (Fsp3) is 0.522. The highest BCUT2D eigenvalue weighted by molar-refractivity contribution is 6.31. The van der Waals surface area contributed by atoms with Crippen LogP contribution in [0.1, 0.15) is 55.1 Å². The van der Waals surface area contributed by atoms with Crippen molar-refractivity contribution in [3.8, 4) is 11.3 Å². The maximum absolute atomic E-state index is 13.7. The van der Waals surface area contributed by atoms with E-state index >= 15 is 0 Å². The molecule has 33 heavy (non-hydrogen) atoms. The minimum atomic E-state index is -2.71. The van der Waals surface area contributed by atoms with Gasteiger partial charge in [0.05, 0.1) is 35.4 Å². The molecular weight excluding hydrogens is 457 g/mol. The van der Waals surface area contributed by atoms with Crippen LogP contribution in [-0.2, 0) is 17.9 Å². The maximum Gasteiger partial charge on any atom is 0.252 e. The van der Waals surface area contributed by atoms with Crippen LogP contribution in [0.2, 0.25) is 5.02 Å². The topological polar surface area (TPSA) is 81.2 Å². The van der Waals surface area contributed by atoms with Gasteiger partial charge in [0.1, 0.15) is 11.5 Å². The molecule has 3 aliphatic rings. The molecule has 176 valence electrons. The number of carbonyl (C=O) groups is 2. The molecule has 10 heteroatoms. The van der Waals surface area contributed by atoms with Crippen LogP contribution < -0.4 is 5.73 Å². The van der Waals surface area contributed by atoms with E-state index < -0.39 is 23.1 Å². The zero-order valence-corrected chi connectivity index (χ0v) is 18.8. The SMILES string of the molecule is CC1(CC(=O)N2Cc3c(C(N)=O)c(-c4ccc(F)c(Cl)c4)nn3CC2C2CC2)CC(F)(F)C1. The van der Waals surface area contributed by atoms with Gasteiger partial charge in [0.25, 0.3) is 5.91 Å². The normalized spacial score (nSPS) is 23.1. The van der Waals surface area contributed by atoms with Gasteiger partial charge in [0, 0.05) is 24.8 Å². The zero-order chi connectivity index (χ0) is 23.7. The number of rotatable bonds is 5. The summed E-state index contributed by atoms with van der Waals surface area (Å²) < 4.78 is 42.3. The maximum atomic E-state index is 13.7. The third-order valence-corrected chi connectivity index (χ3v) is 7.30. The number of aromatic nitrogens is 2. The van der Waals surface area contributed by atoms with Crippen molar-refractivity contribution in [3.05, 3.63) is 40.3 Å². The van der Waals surface area contributed by atoms with Gasteiger partial charge in [-0.2, -0.15) is 5.10 Å². The number of nitrogens with zero attached hydrogens (tertiary/aromatic N) is 3. The Morgan fingerprint density at radius 3 is 2.55 bits per heavy atom. The van der Waals surface area contributed by atoms with E-state index in [1.54, 1.807) is 16.5 Å². The van der Waals surface area contributed by atoms with E-state index in [1.807, 2.05) is 0 Å². The predicted octanol–water partition coefficient (Wildman–Crippen LogP) is 4.39. The molecular formula is C23H24ClF3N4O2. The fourth-order valence-corrected chi connectivity index (χ4v) is 5.59. The summed E-state index contributed by atoms with van der Waals surface area (Å²) in [5.41, 5.74) is 6.35. The molecule has 1 atom stereocenters. The third kappa shape index (κ3) is 4.00. The van der Waals surface area contributed by atoms with Crippen molar-refractivity contribution < 1.29 is 22.8 Å². The van der Waals surface area contributed by atoms with Crippen LogP contribution in [0.15, 0.2) is 18.2 Å². The minimum absolute atomic E-state index is 0.0340. The Morgan fingerprint density at radius 1 is 1.27 bits per heavy atom. The molecule has 2 aliphatic carbocycles. The molecule has 1 aromatic carbocycles. The number of benzene rings is 1. The highest BCUT2D eigenvalue weighted by Gasteiger charge is 2.55. The van der Waals surface area contributed by atoms with Crippen molar-refractivity contribution in [2.24, 2.45) is 17.1 Å². The fourth-order valence-electron chi connectivity index (χ4n) is 5.41. The second kappa shape index (κ2) is 7.48. The van der Waals surface area contributed by atoms with E-state index in [4.69, 9.17) is 17.3 Å². The van der Waals surface area contributed by atoms with Gasteiger partial charge in [-0.25, -0.2) is 13.2 Å². The van der Waals surface area contributed by atoms with E-state index in [1.165, 1.54) is 18.2 Å². The van der Waals surface area contributed by atoms with Gasteiger partial charge in [-0.3, -0.25) is 14.3 Å². The molecule has 0 bridgehead atoms. The Balaban J connectivity index is 1.49. The van der Waals surface area contributed by atoms with Gasteiger partial charge in [-0.15, -0.1) is 0 Å². The summed E-state index contributed by atoms with van der Waals surface area (Å²) in [4.78, 5) is 27.4. The molecule has 1 aromatic heterocycles. The number of alkyl halides is 2. The van der Waals surface area contributed by atoms with Crippen molar-refractivity contribution in [1.29, 1.82) is 0 Å². The van der Waals surface area contributed by atoms with Crippen LogP contribution in [0.4, 0.5) is 13.2 Å². The molecule has 2 heterocycles. The first kappa shape index (κ1) is 22.3. The van der Waals surface area contributed by atoms with E-state index in [0.29, 0.717) is 23.7 Å². The van der Waals surface area contributed by atoms with Crippen LogP contribution in [0, 0.1) is 17.2 Å². The summed E-state index contributed by atoms with van der Waals surface area (Å²) >= 11 is 5.93. The number of primary amides is 1. The number of fused-ring (bicyclic) bond motifs is 1. The zero-order valence-electron chi connectivity index (χ0n) is 18.1. The summed E-state index contributed by atoms with van der Waals surface area (Å²) in [7, 11) is 0. The van der Waals surface area contributed by atoms with E-state index in [2.05, 4.69) is 5.10 Å². The summed E-state index contributed by atoms with van der Waals surface area (Å²) in [5, 5.41) is 4.48. The number of amides is 2. The summed E-state index contributed by atoms with van der Waals surface area (Å²) in [6.07, 6.45) is 1.39. The highest BCUT2D eigenvalue weighted by Crippen LogP contribution is 2.54. The second-order valence-electron chi connectivity index (χ2n) is 9.97. The molecule has 2 amide bonds. The van der Waals surface area contributed by atoms with Gasteiger partial charge in [0.15, 0.2) is 0 Å². The number of halogens is 4. The third-order valence-electron chi connectivity index (χ3n) is 7.01. The molecule has 5 rings (SSSR count). The van der Waals surface area contributed by atoms with Gasteiger partial charge in [-0.05, 0) is 42.4 Å². The molecule has 2 saturated carbocycles. The Hall–Kier alpha value is -2.55. The number of hydrogen-bond acceptors (Lipinski definition) is 3. The van der Waals surface area contributed by atoms with Crippen molar-refractivity contribution in [2.75, 3.05) is 0 Å². The lowest BCUT2D eigenvalue weighted by Gasteiger charge is -2.46. The van der Waals surface area contributed by atoms with Crippen LogP contribution in [0.25, 0.3) is 11.3 Å². The van der Waals surface area contributed by atoms with Gasteiger partial charge < -0.3 is 10.6 Å². The quantitative estimate of drug-likeness (QED) is 0.689. The summed E-state index contributed by atoms with van der Waals surface area (Å²) in [6, 6.07) is 3.93. The molecule has 0 spiro atoms. The highest BCUT2D eigenvalue weighted by atomic mass is 35.5. The van der Waals surface area contributed by atoms with Crippen LogP contribution in [0.3, 0.4) is 0 Å². The molecule has 2 fully saturated rings. The molecule has 6 nitrogen and oxygen atoms in total. The lowest BCUT2D eigenvalue weighted by atomic mass is 9.65. The monoisotopic (exact) mass is 480 g/mol. The lowest BCUT2D eigenvalue weighted by molar-refractivity contribution is -0.168. The van der Waals surface area contributed by atoms with Crippen molar-refractivity contribution in [3.63, 3.8) is 0 Å². The average molecular weight is 481 g/mol. The number of nitrogens with two attached hydrogens (primary N) is 1. The van der Waals surface area contributed by atoms with Crippen molar-refractivity contribution >= 4 is 23.4 Å². The van der Waals surface area contributed by atoms with Gasteiger partial charge >= 0.3 is 0 Å². The molecule has 0 radical (unpaired) electrons. The Bertz CT molecular complexity index is 1150. The Morgan fingerprint density at radius 2 is 1.97 bits per heavy atom. The van der Waals surface area contributed by atoms with Crippen LogP contribution in [0.5, 0.6) is 0 Å². The molecule has 1 unspecified atom stereocenters. The van der Waals surface area contributed by atoms with Crippen LogP contribution >= 0.6 is 11.6 Å². The first-order chi connectivity index (χ1) is 15.5. The minimum Gasteiger partial charge on any atom is -0.365 e. The van der Waals surface area contributed by atoms with Gasteiger partial charge in [-0.1, -0.05) is 18.5 Å². The number of carbonyl (C=O) groups excluding carboxylic acids is 2. The standard InChI is InChI=1S/C23H24ClF3N4O2/c1-22(10-23(26,27)11-22)7-18(32)30-8-17-19(21(28)33)20(13-4-5-15(25)14(24)6-13)29-31(17)9-16(30)12-2-3-12/h4-6,12,16H,2-3,7-11H2,1H3,(H2,28,33). The van der Waals surface area contributed by atoms with Crippen molar-refractivity contribution in [2.45, 2.75) is 64.1 Å². The largest absolute Gasteiger partial charge is 0.365 e. The van der Waals surface area contributed by atoms with Crippen molar-refractivity contribution in [1.82, 2.24) is 14.7 Å². The molecule has 1 aliphatic heterocycles. The lowest BCUT2D eigenvalue weighted by Crippen LogP contribution is -2.52. The summed E-state index contributed by atoms with van der Waals surface area (Å²) in [5.74, 6) is -3.90. The second-order valence-corrected chi connectivity index (χ2v) is 10.4. The first-order valence-electron chi connectivity index (χ1n) is 11.0. The predicted molar refractivity (Wildman–Crippen MR) is 115 cm³/mol. The average Bonchev–Trinajstić information content (AvgIpc) is 3.47. The van der Waals surface area contributed by atoms with Gasteiger partial charge in [0.2, 0.25) is 11.8 Å². The molecule has 2 N–H and O–H groups in total. The Labute approximate surface area is 193 Å².